The number of methoxy groups -OCH3 is 1. The zero-order valence-electron chi connectivity index (χ0n) is 12.9. The highest BCUT2D eigenvalue weighted by Gasteiger charge is 2.10. The number of aliphatic hydroxyl groups is 1. The molecule has 0 spiro atoms. The van der Waals surface area contributed by atoms with Crippen LogP contribution in [0.3, 0.4) is 0 Å². The van der Waals surface area contributed by atoms with Gasteiger partial charge in [-0.25, -0.2) is 0 Å². The van der Waals surface area contributed by atoms with Gasteiger partial charge in [-0.2, -0.15) is 0 Å². The van der Waals surface area contributed by atoms with Crippen LogP contribution in [-0.4, -0.2) is 18.8 Å². The number of hydrogen-bond donors (Lipinski definition) is 1. The van der Waals surface area contributed by atoms with Gasteiger partial charge in [0.2, 0.25) is 0 Å². The van der Waals surface area contributed by atoms with Gasteiger partial charge in [-0.15, -0.1) is 0 Å². The second-order valence-corrected chi connectivity index (χ2v) is 5.47. The molecule has 0 aliphatic rings. The quantitative estimate of drug-likeness (QED) is 0.841. The first kappa shape index (κ1) is 15.6. The Labute approximate surface area is 127 Å². The van der Waals surface area contributed by atoms with Crippen LogP contribution in [0.2, 0.25) is 0 Å². The molecule has 2 nitrogen and oxygen atoms in total. The molecule has 21 heavy (non-hydrogen) atoms. The van der Waals surface area contributed by atoms with Gasteiger partial charge in [-0.05, 0) is 54.0 Å². The van der Waals surface area contributed by atoms with Crippen LogP contribution in [0.4, 0.5) is 0 Å². The minimum Gasteiger partial charge on any atom is -0.497 e. The van der Waals surface area contributed by atoms with Gasteiger partial charge in [0.05, 0.1) is 7.11 Å². The first-order valence-corrected chi connectivity index (χ1v) is 7.56. The minimum atomic E-state index is 0.210. The van der Waals surface area contributed by atoms with E-state index in [2.05, 4.69) is 43.3 Å². The lowest BCUT2D eigenvalue weighted by Gasteiger charge is -2.15. The van der Waals surface area contributed by atoms with Crippen LogP contribution >= 0.6 is 0 Å². The molecule has 0 fully saturated rings. The van der Waals surface area contributed by atoms with Crippen molar-refractivity contribution in [3.8, 4) is 5.75 Å². The van der Waals surface area contributed by atoms with E-state index in [0.29, 0.717) is 0 Å². The molecule has 1 unspecified atom stereocenters. The van der Waals surface area contributed by atoms with Crippen LogP contribution in [0.15, 0.2) is 48.5 Å². The van der Waals surface area contributed by atoms with Gasteiger partial charge in [0.25, 0.3) is 0 Å². The summed E-state index contributed by atoms with van der Waals surface area (Å²) in [4.78, 5) is 0. The maximum Gasteiger partial charge on any atom is 0.118 e. The molecule has 112 valence electrons. The van der Waals surface area contributed by atoms with Crippen molar-refractivity contribution in [3.63, 3.8) is 0 Å². The molecule has 0 aliphatic heterocycles. The first-order valence-electron chi connectivity index (χ1n) is 7.56. The summed E-state index contributed by atoms with van der Waals surface area (Å²) in [5.41, 5.74) is 3.88. The molecule has 0 heterocycles. The number of hydrogen-bond acceptors (Lipinski definition) is 2. The fourth-order valence-corrected chi connectivity index (χ4v) is 2.54. The van der Waals surface area contributed by atoms with E-state index < -0.39 is 0 Å². The Morgan fingerprint density at radius 1 is 0.857 bits per heavy atom. The van der Waals surface area contributed by atoms with Crippen molar-refractivity contribution in [1.82, 2.24) is 0 Å². The largest absolute Gasteiger partial charge is 0.497 e. The molecule has 1 atom stereocenters. The van der Waals surface area contributed by atoms with Crippen LogP contribution in [-0.2, 0) is 19.3 Å². The van der Waals surface area contributed by atoms with Gasteiger partial charge in [0.1, 0.15) is 5.75 Å². The minimum absolute atomic E-state index is 0.210. The van der Waals surface area contributed by atoms with Gasteiger partial charge >= 0.3 is 0 Å². The number of aryl methyl sites for hydroxylation is 1. The molecule has 0 aliphatic carbocycles. The second-order valence-electron chi connectivity index (χ2n) is 5.47. The summed E-state index contributed by atoms with van der Waals surface area (Å²) in [5, 5.41) is 9.63. The van der Waals surface area contributed by atoms with Gasteiger partial charge < -0.3 is 9.84 Å². The van der Waals surface area contributed by atoms with Crippen LogP contribution in [0.5, 0.6) is 5.75 Å². The summed E-state index contributed by atoms with van der Waals surface area (Å²) in [5.74, 6) is 1.13. The lowest BCUT2D eigenvalue weighted by atomic mass is 9.93. The Kier molecular flexibility index (Phi) is 5.82. The Balaban J connectivity index is 1.98. The highest BCUT2D eigenvalue weighted by molar-refractivity contribution is 5.28. The molecule has 0 saturated carbocycles. The molecule has 0 radical (unpaired) electrons. The molecule has 0 aromatic heterocycles. The van der Waals surface area contributed by atoms with E-state index in [4.69, 9.17) is 4.74 Å². The van der Waals surface area contributed by atoms with Crippen LogP contribution in [0.25, 0.3) is 0 Å². The van der Waals surface area contributed by atoms with Gasteiger partial charge in [-0.3, -0.25) is 0 Å². The molecule has 2 heteroatoms. The third kappa shape index (κ3) is 4.61. The third-order valence-electron chi connectivity index (χ3n) is 3.90. The predicted molar refractivity (Wildman–Crippen MR) is 86.8 cm³/mol. The lowest BCUT2D eigenvalue weighted by Crippen LogP contribution is -2.13. The Hall–Kier alpha value is -1.80. The molecule has 2 rings (SSSR count). The van der Waals surface area contributed by atoms with Crippen LogP contribution < -0.4 is 4.74 Å². The summed E-state index contributed by atoms with van der Waals surface area (Å²) >= 11 is 0. The standard InChI is InChI=1S/C19H24O2/c1-3-15-4-6-16(7-5-15)12-18(14-20)13-17-8-10-19(21-2)11-9-17/h4-11,18,20H,3,12-14H2,1-2H3. The predicted octanol–water partition coefficient (Wildman–Crippen LogP) is 3.65. The summed E-state index contributed by atoms with van der Waals surface area (Å²) in [6.07, 6.45) is 2.86. The summed E-state index contributed by atoms with van der Waals surface area (Å²) in [6, 6.07) is 16.8. The van der Waals surface area contributed by atoms with Crippen molar-refractivity contribution < 1.29 is 9.84 Å². The Morgan fingerprint density at radius 2 is 1.33 bits per heavy atom. The summed E-state index contributed by atoms with van der Waals surface area (Å²) < 4.78 is 5.17. The van der Waals surface area contributed by atoms with Crippen molar-refractivity contribution >= 4 is 0 Å². The number of benzene rings is 2. The van der Waals surface area contributed by atoms with Crippen LogP contribution in [0.1, 0.15) is 23.6 Å². The fraction of sp³-hybridized carbons (Fsp3) is 0.368. The molecule has 0 amide bonds. The highest BCUT2D eigenvalue weighted by Crippen LogP contribution is 2.18. The van der Waals surface area contributed by atoms with Gasteiger partial charge in [-0.1, -0.05) is 43.3 Å². The third-order valence-corrected chi connectivity index (χ3v) is 3.90. The van der Waals surface area contributed by atoms with E-state index in [-0.39, 0.29) is 12.5 Å². The van der Waals surface area contributed by atoms with Gasteiger partial charge in [0.15, 0.2) is 0 Å². The zero-order chi connectivity index (χ0) is 15.1. The number of ether oxygens (including phenoxy) is 1. The van der Waals surface area contributed by atoms with Crippen molar-refractivity contribution in [2.45, 2.75) is 26.2 Å². The maximum absolute atomic E-state index is 9.63. The lowest BCUT2D eigenvalue weighted by molar-refractivity contribution is 0.225. The smallest absolute Gasteiger partial charge is 0.118 e. The van der Waals surface area contributed by atoms with E-state index >= 15 is 0 Å². The van der Waals surface area contributed by atoms with Crippen molar-refractivity contribution in [1.29, 1.82) is 0 Å². The summed E-state index contributed by atoms with van der Waals surface area (Å²) in [7, 11) is 1.67. The molecule has 0 bridgehead atoms. The Bertz CT molecular complexity index is 479. The monoisotopic (exact) mass is 284 g/mol. The average Bonchev–Trinajstić information content (AvgIpc) is 2.55. The fourth-order valence-electron chi connectivity index (χ4n) is 2.54. The van der Waals surface area contributed by atoms with E-state index in [9.17, 15) is 5.11 Å². The molecular weight excluding hydrogens is 260 g/mol. The summed E-state index contributed by atoms with van der Waals surface area (Å²) in [6.45, 7) is 2.37. The van der Waals surface area contributed by atoms with Crippen molar-refractivity contribution in [2.75, 3.05) is 13.7 Å². The molecular formula is C19H24O2. The Morgan fingerprint density at radius 3 is 1.76 bits per heavy atom. The average molecular weight is 284 g/mol. The molecule has 0 saturated heterocycles. The molecule has 2 aromatic carbocycles. The maximum atomic E-state index is 9.63. The number of rotatable bonds is 7. The number of aliphatic hydroxyl groups excluding tert-OH is 1. The molecule has 2 aromatic rings. The highest BCUT2D eigenvalue weighted by atomic mass is 16.5. The topological polar surface area (TPSA) is 29.5 Å². The SMILES string of the molecule is CCc1ccc(CC(CO)Cc2ccc(OC)cc2)cc1. The van der Waals surface area contributed by atoms with Crippen molar-refractivity contribution in [3.05, 3.63) is 65.2 Å². The zero-order valence-corrected chi connectivity index (χ0v) is 12.9. The normalized spacial score (nSPS) is 12.1. The second kappa shape index (κ2) is 7.84. The van der Waals surface area contributed by atoms with Crippen molar-refractivity contribution in [2.24, 2.45) is 5.92 Å². The van der Waals surface area contributed by atoms with E-state index in [1.807, 2.05) is 12.1 Å². The van der Waals surface area contributed by atoms with E-state index in [0.717, 1.165) is 25.0 Å². The first-order chi connectivity index (χ1) is 10.2. The van der Waals surface area contributed by atoms with E-state index in [1.54, 1.807) is 7.11 Å². The van der Waals surface area contributed by atoms with Crippen LogP contribution in [0, 0.1) is 5.92 Å². The van der Waals surface area contributed by atoms with Gasteiger partial charge in [0, 0.05) is 6.61 Å². The molecule has 1 N–H and O–H groups in total. The van der Waals surface area contributed by atoms with E-state index in [1.165, 1.54) is 16.7 Å².